The van der Waals surface area contributed by atoms with E-state index in [2.05, 4.69) is 20.8 Å². The summed E-state index contributed by atoms with van der Waals surface area (Å²) >= 11 is 5.63. The van der Waals surface area contributed by atoms with Gasteiger partial charge in [0, 0.05) is 17.5 Å². The molecule has 0 atom stereocenters. The van der Waals surface area contributed by atoms with Crippen LogP contribution >= 0.6 is 11.6 Å². The molecule has 1 aromatic heterocycles. The topological polar surface area (TPSA) is 96.2 Å². The van der Waals surface area contributed by atoms with Crippen molar-refractivity contribution in [2.75, 3.05) is 0 Å². The minimum absolute atomic E-state index is 0.113. The van der Waals surface area contributed by atoms with Crippen molar-refractivity contribution in [3.05, 3.63) is 44.9 Å². The van der Waals surface area contributed by atoms with Crippen LogP contribution in [-0.4, -0.2) is 20.0 Å². The molecule has 0 spiro atoms. The van der Waals surface area contributed by atoms with Gasteiger partial charge in [0.15, 0.2) is 0 Å². The highest BCUT2D eigenvalue weighted by molar-refractivity contribution is 6.28. The maximum Gasteiger partial charge on any atom is 0.353 e. The fourth-order valence-electron chi connectivity index (χ4n) is 1.31. The number of hydrogen-bond donors (Lipinski definition) is 2. The van der Waals surface area contributed by atoms with E-state index in [-0.39, 0.29) is 11.1 Å². The van der Waals surface area contributed by atoms with E-state index < -0.39 is 4.92 Å². The lowest BCUT2D eigenvalue weighted by atomic mass is 10.2. The Hall–Kier alpha value is -1.93. The van der Waals surface area contributed by atoms with Crippen molar-refractivity contribution < 1.29 is 4.92 Å². The van der Waals surface area contributed by atoms with Gasteiger partial charge in [-0.2, -0.15) is 5.43 Å². The summed E-state index contributed by atoms with van der Waals surface area (Å²) in [4.78, 5) is 17.8. The third-order valence-electron chi connectivity index (χ3n) is 2.18. The fraction of sp³-hybridized carbons (Fsp3) is 0.250. The number of hydrazine groups is 2. The number of halogens is 1. The molecule has 0 unspecified atom stereocenters. The summed E-state index contributed by atoms with van der Waals surface area (Å²) < 4.78 is 0. The highest BCUT2D eigenvalue weighted by Crippen LogP contribution is 2.10. The molecule has 0 radical (unpaired) electrons. The smallest absolute Gasteiger partial charge is 0.353 e. The molecule has 2 N–H and O–H groups in total. The number of aryl methyl sites for hydroxylation is 1. The Balaban J connectivity index is 2.02. The van der Waals surface area contributed by atoms with Crippen molar-refractivity contribution in [1.29, 1.82) is 0 Å². The van der Waals surface area contributed by atoms with Crippen LogP contribution in [0.25, 0.3) is 0 Å². The van der Waals surface area contributed by atoms with Crippen LogP contribution in [0.4, 0.5) is 0 Å². The predicted molar refractivity (Wildman–Crippen MR) is 58.7 cm³/mol. The van der Waals surface area contributed by atoms with Crippen LogP contribution in [0.3, 0.4) is 0 Å². The molecule has 1 aromatic rings. The summed E-state index contributed by atoms with van der Waals surface area (Å²) in [6.45, 7) is 2.16. The maximum atomic E-state index is 10.5. The van der Waals surface area contributed by atoms with E-state index in [9.17, 15) is 10.1 Å². The first-order valence-corrected chi connectivity index (χ1v) is 5.07. The molecular formula is C8H9ClN6O2. The molecule has 0 saturated heterocycles. The summed E-state index contributed by atoms with van der Waals surface area (Å²) in [5, 5.41) is 12.1. The van der Waals surface area contributed by atoms with E-state index >= 15 is 0 Å². The van der Waals surface area contributed by atoms with Gasteiger partial charge in [0.05, 0.1) is 6.54 Å². The molecule has 0 aromatic carbocycles. The van der Waals surface area contributed by atoms with Gasteiger partial charge in [-0.3, -0.25) is 5.43 Å². The number of rotatable bonds is 3. The molecule has 0 aliphatic carbocycles. The van der Waals surface area contributed by atoms with E-state index in [1.165, 1.54) is 11.3 Å². The van der Waals surface area contributed by atoms with Crippen molar-refractivity contribution in [1.82, 2.24) is 25.9 Å². The van der Waals surface area contributed by atoms with Gasteiger partial charge in [-0.1, -0.05) is 5.12 Å². The summed E-state index contributed by atoms with van der Waals surface area (Å²) in [5.74, 6) is -0.113. The lowest BCUT2D eigenvalue weighted by Crippen LogP contribution is -2.39. The number of aromatic nitrogens is 2. The molecule has 2 rings (SSSR count). The summed E-state index contributed by atoms with van der Waals surface area (Å²) in [7, 11) is 0. The monoisotopic (exact) mass is 256 g/mol. The van der Waals surface area contributed by atoms with Crippen LogP contribution in [0.15, 0.2) is 18.2 Å². The molecule has 1 aliphatic rings. The van der Waals surface area contributed by atoms with Crippen molar-refractivity contribution in [2.45, 2.75) is 13.5 Å². The second-order valence-electron chi connectivity index (χ2n) is 3.36. The quantitative estimate of drug-likeness (QED) is 0.457. The summed E-state index contributed by atoms with van der Waals surface area (Å²) in [6.07, 6.45) is 2.85. The molecule has 8 nitrogen and oxygen atoms in total. The molecule has 0 amide bonds. The van der Waals surface area contributed by atoms with E-state index in [4.69, 9.17) is 11.6 Å². The van der Waals surface area contributed by atoms with Gasteiger partial charge in [-0.05, 0) is 23.4 Å². The average Bonchev–Trinajstić information content (AvgIpc) is 2.71. The standard InChI is InChI=1S/C8H9ClN6O2/c1-5-6(2-10-8(9)12-5)4-14-11-3-7(13-14)15(16)17/h2-3,11,13H,4H2,1H3. The molecule has 2 heterocycles. The average molecular weight is 257 g/mol. The predicted octanol–water partition coefficient (Wildman–Crippen LogP) is 0.339. The van der Waals surface area contributed by atoms with Gasteiger partial charge in [-0.25, -0.2) is 9.97 Å². The molecule has 0 fully saturated rings. The third kappa shape index (κ3) is 2.60. The second kappa shape index (κ2) is 4.52. The fourth-order valence-corrected chi connectivity index (χ4v) is 1.49. The van der Waals surface area contributed by atoms with Crippen LogP contribution in [0, 0.1) is 17.0 Å². The largest absolute Gasteiger partial charge is 0.358 e. The Bertz CT molecular complexity index is 491. The number of nitrogens with one attached hydrogen (secondary N) is 2. The first kappa shape index (κ1) is 11.6. The summed E-state index contributed by atoms with van der Waals surface area (Å²) in [5.41, 5.74) is 6.82. The van der Waals surface area contributed by atoms with Crippen LogP contribution < -0.4 is 10.9 Å². The minimum Gasteiger partial charge on any atom is -0.358 e. The van der Waals surface area contributed by atoms with Gasteiger partial charge in [0.1, 0.15) is 6.20 Å². The van der Waals surface area contributed by atoms with E-state index in [0.29, 0.717) is 6.54 Å². The molecule has 0 saturated carbocycles. The SMILES string of the molecule is Cc1nc(Cl)ncc1CN1NC=C([N+](=O)[O-])N1. The van der Waals surface area contributed by atoms with Crippen molar-refractivity contribution >= 4 is 11.6 Å². The highest BCUT2D eigenvalue weighted by Gasteiger charge is 2.22. The molecule has 17 heavy (non-hydrogen) atoms. The van der Waals surface area contributed by atoms with Gasteiger partial charge in [-0.15, -0.1) is 0 Å². The second-order valence-corrected chi connectivity index (χ2v) is 3.70. The first-order chi connectivity index (χ1) is 8.06. The zero-order chi connectivity index (χ0) is 12.4. The van der Waals surface area contributed by atoms with Crippen LogP contribution in [0.1, 0.15) is 11.3 Å². The Labute approximate surface area is 101 Å². The maximum absolute atomic E-state index is 10.5. The molecule has 0 bridgehead atoms. The molecule has 9 heteroatoms. The van der Waals surface area contributed by atoms with Crippen LogP contribution in [0.2, 0.25) is 5.28 Å². The number of hydrogen-bond acceptors (Lipinski definition) is 7. The van der Waals surface area contributed by atoms with E-state index in [1.807, 2.05) is 0 Å². The normalized spacial score (nSPS) is 15.1. The minimum atomic E-state index is -0.516. The van der Waals surface area contributed by atoms with Crippen molar-refractivity contribution in [3.8, 4) is 0 Å². The Morgan fingerprint density at radius 2 is 2.41 bits per heavy atom. The van der Waals surface area contributed by atoms with Crippen molar-refractivity contribution in [3.63, 3.8) is 0 Å². The molecular weight excluding hydrogens is 248 g/mol. The number of nitro groups is 1. The molecule has 90 valence electrons. The van der Waals surface area contributed by atoms with Gasteiger partial charge < -0.3 is 10.1 Å². The Morgan fingerprint density at radius 1 is 1.65 bits per heavy atom. The Morgan fingerprint density at radius 3 is 3.00 bits per heavy atom. The summed E-state index contributed by atoms with van der Waals surface area (Å²) in [6, 6.07) is 0. The van der Waals surface area contributed by atoms with E-state index in [0.717, 1.165) is 11.3 Å². The molecule has 1 aliphatic heterocycles. The van der Waals surface area contributed by atoms with Crippen LogP contribution in [-0.2, 0) is 6.54 Å². The zero-order valence-corrected chi connectivity index (χ0v) is 9.60. The van der Waals surface area contributed by atoms with Gasteiger partial charge in [0.2, 0.25) is 5.28 Å². The highest BCUT2D eigenvalue weighted by atomic mass is 35.5. The van der Waals surface area contributed by atoms with Gasteiger partial charge >= 0.3 is 5.82 Å². The lowest BCUT2D eigenvalue weighted by Gasteiger charge is -2.13. The van der Waals surface area contributed by atoms with Crippen molar-refractivity contribution in [2.24, 2.45) is 0 Å². The Kier molecular flexibility index (Phi) is 3.07. The van der Waals surface area contributed by atoms with E-state index in [1.54, 1.807) is 13.1 Å². The lowest BCUT2D eigenvalue weighted by molar-refractivity contribution is -0.434. The third-order valence-corrected chi connectivity index (χ3v) is 2.37. The van der Waals surface area contributed by atoms with Crippen LogP contribution in [0.5, 0.6) is 0 Å². The van der Waals surface area contributed by atoms with Gasteiger partial charge in [0.25, 0.3) is 0 Å². The first-order valence-electron chi connectivity index (χ1n) is 4.69. The zero-order valence-electron chi connectivity index (χ0n) is 8.85. The number of nitrogens with zero attached hydrogens (tertiary/aromatic N) is 4.